The molecule has 1 aliphatic heterocycles. The van der Waals surface area contributed by atoms with Crippen LogP contribution < -0.4 is 5.73 Å². The molecule has 1 unspecified atom stereocenters. The van der Waals surface area contributed by atoms with E-state index in [0.717, 1.165) is 6.42 Å². The van der Waals surface area contributed by atoms with Crippen molar-refractivity contribution in [2.24, 2.45) is 5.73 Å². The summed E-state index contributed by atoms with van der Waals surface area (Å²) >= 11 is 4.91. The maximum atomic E-state index is 12.4. The van der Waals surface area contributed by atoms with Crippen molar-refractivity contribution in [1.82, 2.24) is 14.5 Å². The van der Waals surface area contributed by atoms with Gasteiger partial charge in [-0.2, -0.15) is 9.40 Å². The fourth-order valence-electron chi connectivity index (χ4n) is 2.04. The largest absolute Gasteiger partial charge is 0.392 e. The van der Waals surface area contributed by atoms with E-state index in [1.54, 1.807) is 6.92 Å². The van der Waals surface area contributed by atoms with Gasteiger partial charge in [-0.3, -0.25) is 5.10 Å². The maximum Gasteiger partial charge on any atom is 0.247 e. The second-order valence-electron chi connectivity index (χ2n) is 4.04. The lowest BCUT2D eigenvalue weighted by molar-refractivity contribution is 0.446. The monoisotopic (exact) mass is 274 g/mol. The van der Waals surface area contributed by atoms with Crippen LogP contribution in [0.1, 0.15) is 18.5 Å². The van der Waals surface area contributed by atoms with Crippen LogP contribution in [0.5, 0.6) is 0 Å². The highest BCUT2D eigenvalue weighted by Crippen LogP contribution is 2.26. The lowest BCUT2D eigenvalue weighted by Gasteiger charge is -2.22. The Hall–Kier alpha value is -0.990. The summed E-state index contributed by atoms with van der Waals surface area (Å²) in [5.74, 6) is 0. The number of H-pyrrole nitrogens is 1. The first-order valence-electron chi connectivity index (χ1n) is 5.25. The highest BCUT2D eigenvalue weighted by Gasteiger charge is 2.37. The van der Waals surface area contributed by atoms with Crippen molar-refractivity contribution in [3.8, 4) is 0 Å². The van der Waals surface area contributed by atoms with Crippen LogP contribution in [0.25, 0.3) is 0 Å². The van der Waals surface area contributed by atoms with Crippen LogP contribution in [-0.4, -0.2) is 40.5 Å². The third-order valence-electron chi connectivity index (χ3n) is 2.90. The Morgan fingerprint density at radius 1 is 1.71 bits per heavy atom. The van der Waals surface area contributed by atoms with Crippen molar-refractivity contribution in [2.45, 2.75) is 30.7 Å². The molecule has 1 saturated heterocycles. The van der Waals surface area contributed by atoms with Gasteiger partial charge < -0.3 is 5.73 Å². The van der Waals surface area contributed by atoms with E-state index in [9.17, 15) is 8.42 Å². The summed E-state index contributed by atoms with van der Waals surface area (Å²) in [4.78, 5) is 0.424. The number of sulfonamides is 1. The maximum absolute atomic E-state index is 12.4. The highest BCUT2D eigenvalue weighted by atomic mass is 32.2. The number of hydrogen-bond donors (Lipinski definition) is 2. The molecule has 2 rings (SSSR count). The number of rotatable bonds is 3. The Morgan fingerprint density at radius 3 is 2.94 bits per heavy atom. The van der Waals surface area contributed by atoms with E-state index in [-0.39, 0.29) is 15.9 Å². The van der Waals surface area contributed by atoms with Gasteiger partial charge in [0.05, 0.1) is 22.9 Å². The van der Waals surface area contributed by atoms with Crippen LogP contribution in [0.4, 0.5) is 0 Å². The normalized spacial score (nSPS) is 21.8. The third kappa shape index (κ3) is 2.07. The molecule has 94 valence electrons. The van der Waals surface area contributed by atoms with Gasteiger partial charge in [0.1, 0.15) is 4.90 Å². The summed E-state index contributed by atoms with van der Waals surface area (Å²) in [6.45, 7) is 2.13. The number of aromatic nitrogens is 2. The average molecular weight is 274 g/mol. The standard InChI is InChI=1S/C9H14N4O2S2/c1-6-8(5-11-12-6)17(14,15)13-4-2-3-7(13)9(10)16/h5,7H,2-4H2,1H3,(H2,10,16)(H,11,12). The molecule has 1 aliphatic rings. The lowest BCUT2D eigenvalue weighted by Crippen LogP contribution is -2.42. The minimum atomic E-state index is -3.55. The van der Waals surface area contributed by atoms with Crippen molar-refractivity contribution < 1.29 is 8.42 Å². The zero-order chi connectivity index (χ0) is 12.6. The first-order chi connectivity index (χ1) is 7.94. The van der Waals surface area contributed by atoms with E-state index in [0.29, 0.717) is 18.7 Å². The Kier molecular flexibility index (Phi) is 3.19. The van der Waals surface area contributed by atoms with Crippen LogP contribution in [-0.2, 0) is 10.0 Å². The molecule has 2 heterocycles. The van der Waals surface area contributed by atoms with Crippen LogP contribution >= 0.6 is 12.2 Å². The quantitative estimate of drug-likeness (QED) is 0.766. The number of aromatic amines is 1. The number of aryl methyl sites for hydroxylation is 1. The molecule has 1 aromatic rings. The van der Waals surface area contributed by atoms with E-state index in [1.165, 1.54) is 10.5 Å². The Labute approximate surface area is 105 Å². The van der Waals surface area contributed by atoms with Crippen LogP contribution in [0, 0.1) is 6.92 Å². The molecule has 0 aliphatic carbocycles. The summed E-state index contributed by atoms with van der Waals surface area (Å²) in [5.41, 5.74) is 6.10. The van der Waals surface area contributed by atoms with Crippen molar-refractivity contribution in [3.05, 3.63) is 11.9 Å². The smallest absolute Gasteiger partial charge is 0.247 e. The fraction of sp³-hybridized carbons (Fsp3) is 0.556. The Morgan fingerprint density at radius 2 is 2.41 bits per heavy atom. The van der Waals surface area contributed by atoms with Crippen LogP contribution in [0.15, 0.2) is 11.1 Å². The molecule has 0 bridgehead atoms. The Balaban J connectivity index is 2.40. The molecule has 0 amide bonds. The summed E-state index contributed by atoms with van der Waals surface area (Å²) in [5, 5.41) is 6.36. The molecule has 1 atom stereocenters. The van der Waals surface area contributed by atoms with Gasteiger partial charge in [-0.1, -0.05) is 12.2 Å². The number of nitrogens with one attached hydrogen (secondary N) is 1. The minimum Gasteiger partial charge on any atom is -0.392 e. The van der Waals surface area contributed by atoms with Crippen LogP contribution in [0.2, 0.25) is 0 Å². The second kappa shape index (κ2) is 4.35. The zero-order valence-electron chi connectivity index (χ0n) is 9.38. The van der Waals surface area contributed by atoms with Crippen molar-refractivity contribution in [3.63, 3.8) is 0 Å². The number of thiocarbonyl (C=S) groups is 1. The summed E-state index contributed by atoms with van der Waals surface area (Å²) in [6.07, 6.45) is 2.78. The van der Waals surface area contributed by atoms with Gasteiger partial charge in [-0.25, -0.2) is 8.42 Å². The van der Waals surface area contributed by atoms with Crippen molar-refractivity contribution >= 4 is 27.2 Å². The number of nitrogens with zero attached hydrogens (tertiary/aromatic N) is 2. The predicted molar refractivity (Wildman–Crippen MR) is 67.0 cm³/mol. The fourth-order valence-corrected chi connectivity index (χ4v) is 4.14. The van der Waals surface area contributed by atoms with E-state index >= 15 is 0 Å². The lowest BCUT2D eigenvalue weighted by atomic mass is 10.2. The molecule has 0 spiro atoms. The van der Waals surface area contributed by atoms with Gasteiger partial charge >= 0.3 is 0 Å². The molecular formula is C9H14N4O2S2. The van der Waals surface area contributed by atoms with Gasteiger partial charge in [-0.15, -0.1) is 0 Å². The molecular weight excluding hydrogens is 260 g/mol. The molecule has 1 aromatic heterocycles. The van der Waals surface area contributed by atoms with Crippen molar-refractivity contribution in [2.75, 3.05) is 6.54 Å². The van der Waals surface area contributed by atoms with Gasteiger partial charge in [0.15, 0.2) is 0 Å². The third-order valence-corrected chi connectivity index (χ3v) is 5.20. The number of hydrogen-bond acceptors (Lipinski definition) is 4. The minimum absolute atomic E-state index is 0.195. The van der Waals surface area contributed by atoms with Crippen molar-refractivity contribution in [1.29, 1.82) is 0 Å². The van der Waals surface area contributed by atoms with E-state index in [2.05, 4.69) is 10.2 Å². The summed E-state index contributed by atoms with van der Waals surface area (Å²) in [7, 11) is -3.55. The predicted octanol–water partition coefficient (Wildman–Crippen LogP) is 0.157. The van der Waals surface area contributed by atoms with Gasteiger partial charge in [0.2, 0.25) is 10.0 Å². The molecule has 0 radical (unpaired) electrons. The van der Waals surface area contributed by atoms with Gasteiger partial charge in [-0.05, 0) is 19.8 Å². The molecule has 3 N–H and O–H groups in total. The molecule has 0 saturated carbocycles. The Bertz CT molecular complexity index is 537. The highest BCUT2D eigenvalue weighted by molar-refractivity contribution is 7.89. The topological polar surface area (TPSA) is 92.1 Å². The summed E-state index contributed by atoms with van der Waals surface area (Å²) in [6, 6.07) is -0.371. The van der Waals surface area contributed by atoms with E-state index in [4.69, 9.17) is 18.0 Å². The van der Waals surface area contributed by atoms with E-state index < -0.39 is 10.0 Å². The zero-order valence-corrected chi connectivity index (χ0v) is 11.0. The van der Waals surface area contributed by atoms with Crippen LogP contribution in [0.3, 0.4) is 0 Å². The second-order valence-corrected chi connectivity index (χ2v) is 6.37. The first-order valence-corrected chi connectivity index (χ1v) is 7.10. The molecule has 0 aromatic carbocycles. The molecule has 17 heavy (non-hydrogen) atoms. The van der Waals surface area contributed by atoms with Gasteiger partial charge in [0.25, 0.3) is 0 Å². The molecule has 1 fully saturated rings. The van der Waals surface area contributed by atoms with Gasteiger partial charge in [0, 0.05) is 6.54 Å². The molecule has 6 nitrogen and oxygen atoms in total. The first kappa shape index (κ1) is 12.5. The SMILES string of the molecule is Cc1[nH]ncc1S(=O)(=O)N1CCCC1C(N)=S. The summed E-state index contributed by atoms with van der Waals surface area (Å²) < 4.78 is 26.1. The average Bonchev–Trinajstić information content (AvgIpc) is 2.84. The molecule has 8 heteroatoms. The number of nitrogens with two attached hydrogens (primary N) is 1. The van der Waals surface area contributed by atoms with E-state index in [1.807, 2.05) is 0 Å².